The molecule has 8 heavy (non-hydrogen) atoms. The molecule has 6 nitrogen and oxygen atoms in total. The Bertz CT molecular complexity index is 179. The first-order valence-electron chi connectivity index (χ1n) is 1.49. The molecule has 0 unspecified atom stereocenters. The minimum absolute atomic E-state index is 0.991. The minimum atomic E-state index is -4.28. The zero-order valence-electron chi connectivity index (χ0n) is 3.64. The first-order chi connectivity index (χ1) is 3.42. The Morgan fingerprint density at radius 2 is 2.00 bits per heavy atom. The van der Waals surface area contributed by atoms with Crippen molar-refractivity contribution in [3.05, 3.63) is 10.1 Å². The van der Waals surface area contributed by atoms with Crippen molar-refractivity contribution in [1.82, 2.24) is 0 Å². The Morgan fingerprint density at radius 1 is 1.62 bits per heavy atom. The Balaban J connectivity index is 3.95. The van der Waals surface area contributed by atoms with E-state index in [4.69, 9.17) is 4.55 Å². The van der Waals surface area contributed by atoms with Crippen molar-refractivity contribution in [3.8, 4) is 0 Å². The fraction of sp³-hybridized carbons (Fsp3) is 0. The number of nitrogens with zero attached hydrogens (tertiary/aromatic N) is 1. The van der Waals surface area contributed by atoms with E-state index >= 15 is 0 Å². The molecule has 0 radical (unpaired) electrons. The van der Waals surface area contributed by atoms with Gasteiger partial charge in [-0.15, -0.1) is 0 Å². The van der Waals surface area contributed by atoms with Gasteiger partial charge in [-0.1, -0.05) is 0 Å². The van der Waals surface area contributed by atoms with Crippen molar-refractivity contribution in [3.63, 3.8) is 0 Å². The van der Waals surface area contributed by atoms with E-state index in [1.807, 2.05) is 0 Å². The zero-order chi connectivity index (χ0) is 6.78. The van der Waals surface area contributed by atoms with Crippen LogP contribution in [0.3, 0.4) is 0 Å². The summed E-state index contributed by atoms with van der Waals surface area (Å²) in [6.07, 6.45) is 0. The average Bonchev–Trinajstić information content (AvgIpc) is 1.21. The maximum Gasteiger partial charge on any atom is 0.551 e. The van der Waals surface area contributed by atoms with Crippen molar-refractivity contribution in [2.75, 3.05) is 0 Å². The molecule has 0 saturated heterocycles. The molecule has 0 aliphatic carbocycles. The third-order valence-corrected chi connectivity index (χ3v) is 2.42. The van der Waals surface area contributed by atoms with Gasteiger partial charge in [0.15, 0.2) is 0 Å². The maximum absolute atomic E-state index is 9.62. The van der Waals surface area contributed by atoms with Gasteiger partial charge in [0, 0.05) is 0 Å². The SMILES string of the molecule is O=[N+]([O-])[SiH2]S(=O)(=O)O. The number of hydrogen-bond donors (Lipinski definition) is 1. The highest BCUT2D eigenvalue weighted by Gasteiger charge is 2.16. The van der Waals surface area contributed by atoms with E-state index in [1.54, 1.807) is 0 Å². The van der Waals surface area contributed by atoms with Gasteiger partial charge in [0.2, 0.25) is 0 Å². The topological polar surface area (TPSA) is 97.5 Å². The normalized spacial score (nSPS) is 12.6. The highest BCUT2D eigenvalue weighted by molar-refractivity contribution is 8.09. The largest absolute Gasteiger partial charge is 0.551 e. The highest BCUT2D eigenvalue weighted by atomic mass is 32.4. The van der Waals surface area contributed by atoms with Crippen molar-refractivity contribution >= 4 is 18.4 Å². The van der Waals surface area contributed by atoms with E-state index in [-0.39, 0.29) is 0 Å². The van der Waals surface area contributed by atoms with Crippen LogP contribution in [-0.4, -0.2) is 26.4 Å². The average molecular weight is 157 g/mol. The summed E-state index contributed by atoms with van der Waals surface area (Å²) in [6, 6.07) is 0. The molecule has 0 heterocycles. The van der Waals surface area contributed by atoms with Gasteiger partial charge >= 0.3 is 18.4 Å². The molecule has 0 rings (SSSR count). The molecule has 0 amide bonds. The lowest BCUT2D eigenvalue weighted by molar-refractivity contribution is -0.316. The summed E-state index contributed by atoms with van der Waals surface area (Å²) >= 11 is 0. The first-order valence-corrected chi connectivity index (χ1v) is 5.46. The van der Waals surface area contributed by atoms with Crippen LogP contribution in [0.5, 0.6) is 0 Å². The number of rotatable bonds is 2. The van der Waals surface area contributed by atoms with Gasteiger partial charge in [-0.2, -0.15) is 0 Å². The maximum atomic E-state index is 9.62. The van der Waals surface area contributed by atoms with E-state index < -0.39 is 23.0 Å². The van der Waals surface area contributed by atoms with E-state index in [0.29, 0.717) is 0 Å². The second-order valence-corrected chi connectivity index (χ2v) is 5.95. The van der Waals surface area contributed by atoms with Crippen LogP contribution in [-0.2, 0) is 9.57 Å². The zero-order valence-corrected chi connectivity index (χ0v) is 5.87. The Kier molecular flexibility index (Phi) is 2.07. The van der Waals surface area contributed by atoms with Crippen molar-refractivity contribution in [1.29, 1.82) is 0 Å². The van der Waals surface area contributed by atoms with Crippen molar-refractivity contribution in [2.24, 2.45) is 0 Å². The minimum Gasteiger partial charge on any atom is -0.289 e. The monoisotopic (exact) mass is 157 g/mol. The molecule has 0 saturated carbocycles. The molecular formula is H3NO5SSi. The summed E-state index contributed by atoms with van der Waals surface area (Å²) < 4.78 is 26.0. The van der Waals surface area contributed by atoms with Gasteiger partial charge in [0.05, 0.1) is 0 Å². The van der Waals surface area contributed by atoms with Gasteiger partial charge in [0.25, 0.3) is 0 Å². The number of nitro groups is 1. The van der Waals surface area contributed by atoms with E-state index in [2.05, 4.69) is 0 Å². The van der Waals surface area contributed by atoms with Crippen molar-refractivity contribution in [2.45, 2.75) is 0 Å². The van der Waals surface area contributed by atoms with Crippen LogP contribution in [0, 0.1) is 10.1 Å². The van der Waals surface area contributed by atoms with E-state index in [0.717, 1.165) is 0 Å². The molecular weight excluding hydrogens is 154 g/mol. The lowest BCUT2D eigenvalue weighted by Crippen LogP contribution is -2.17. The van der Waals surface area contributed by atoms with E-state index in [1.165, 1.54) is 0 Å². The van der Waals surface area contributed by atoms with Crippen LogP contribution < -0.4 is 0 Å². The summed E-state index contributed by atoms with van der Waals surface area (Å²) in [5.41, 5.74) is 0. The van der Waals surface area contributed by atoms with Crippen LogP contribution in [0.1, 0.15) is 0 Å². The van der Waals surface area contributed by atoms with Crippen molar-refractivity contribution < 1.29 is 17.6 Å². The van der Waals surface area contributed by atoms with Gasteiger partial charge in [-0.05, 0) is 4.59 Å². The first kappa shape index (κ1) is 7.53. The van der Waals surface area contributed by atoms with E-state index in [9.17, 15) is 18.5 Å². The van der Waals surface area contributed by atoms with Gasteiger partial charge in [-0.25, -0.2) is 8.42 Å². The fourth-order valence-electron chi connectivity index (χ4n) is 0.133. The molecule has 48 valence electrons. The van der Waals surface area contributed by atoms with Gasteiger partial charge < -0.3 is 0 Å². The van der Waals surface area contributed by atoms with Gasteiger partial charge in [-0.3, -0.25) is 14.7 Å². The lowest BCUT2D eigenvalue weighted by Gasteiger charge is -1.83. The van der Waals surface area contributed by atoms with Crippen LogP contribution in [0.25, 0.3) is 0 Å². The van der Waals surface area contributed by atoms with Crippen LogP contribution >= 0.6 is 0 Å². The molecule has 0 aromatic rings. The second-order valence-electron chi connectivity index (χ2n) is 1.04. The summed E-state index contributed by atoms with van der Waals surface area (Å²) in [4.78, 5) is 9.34. The number of hydrogen-bond acceptors (Lipinski definition) is 4. The molecule has 8 heteroatoms. The molecule has 0 aromatic heterocycles. The molecule has 0 aliphatic heterocycles. The smallest absolute Gasteiger partial charge is 0.289 e. The highest BCUT2D eigenvalue weighted by Crippen LogP contribution is 1.75. The predicted octanol–water partition coefficient (Wildman–Crippen LogP) is -1.85. The van der Waals surface area contributed by atoms with Gasteiger partial charge in [0.1, 0.15) is 0 Å². The summed E-state index contributed by atoms with van der Waals surface area (Å²) in [5.74, 6) is 0. The summed E-state index contributed by atoms with van der Waals surface area (Å²) in [5, 5.41) is 9.34. The molecule has 0 spiro atoms. The predicted molar refractivity (Wildman–Crippen MR) is 27.1 cm³/mol. The molecule has 0 atom stereocenters. The second kappa shape index (κ2) is 2.20. The summed E-state index contributed by atoms with van der Waals surface area (Å²) in [7, 11) is -6.85. The Labute approximate surface area is 47.0 Å². The van der Waals surface area contributed by atoms with Crippen LogP contribution in [0.2, 0.25) is 0 Å². The molecule has 0 aromatic carbocycles. The Morgan fingerprint density at radius 3 is 2.00 bits per heavy atom. The van der Waals surface area contributed by atoms with Crippen LogP contribution in [0.15, 0.2) is 0 Å². The quantitative estimate of drug-likeness (QED) is 0.219. The molecule has 0 bridgehead atoms. The summed E-state index contributed by atoms with van der Waals surface area (Å²) in [6.45, 7) is 0. The third kappa shape index (κ3) is 5.53. The third-order valence-electron chi connectivity index (χ3n) is 0.269. The lowest BCUT2D eigenvalue weighted by atomic mass is 13.4. The fourth-order valence-corrected chi connectivity index (χ4v) is 1.20. The van der Waals surface area contributed by atoms with Crippen LogP contribution in [0.4, 0.5) is 0 Å². The Hall–Kier alpha value is -0.473. The molecule has 0 aliphatic rings. The molecule has 1 N–H and O–H groups in total. The standard InChI is InChI=1S/H3NO5SSi/c2-1(3)8-7(4,5)6/h8H2,(H,4,5,6). The molecule has 0 fully saturated rings.